The molecule has 1 aliphatic heterocycles. The summed E-state index contributed by atoms with van der Waals surface area (Å²) in [6, 6.07) is -0.404. The zero-order valence-electron chi connectivity index (χ0n) is 9.40. The van der Waals surface area contributed by atoms with Crippen LogP contribution in [0.3, 0.4) is 0 Å². The number of hydrogen-bond donors (Lipinski definition) is 2. The molecule has 15 heavy (non-hydrogen) atoms. The van der Waals surface area contributed by atoms with Gasteiger partial charge in [-0.25, -0.2) is 0 Å². The first-order valence-electron chi connectivity index (χ1n) is 5.28. The van der Waals surface area contributed by atoms with Crippen molar-refractivity contribution in [2.45, 2.75) is 31.4 Å². The zero-order chi connectivity index (χ0) is 11.5. The Morgan fingerprint density at radius 2 is 2.27 bits per heavy atom. The van der Waals surface area contributed by atoms with Crippen LogP contribution >= 0.6 is 11.8 Å². The number of nitrogens with zero attached hydrogens (tertiary/aromatic N) is 1. The van der Waals surface area contributed by atoms with Crippen molar-refractivity contribution < 1.29 is 9.90 Å². The molecule has 1 fully saturated rings. The minimum atomic E-state index is -0.658. The van der Waals surface area contributed by atoms with E-state index in [1.54, 1.807) is 16.7 Å². The average molecular weight is 232 g/mol. The molecule has 1 heterocycles. The van der Waals surface area contributed by atoms with E-state index in [4.69, 9.17) is 5.73 Å². The lowest BCUT2D eigenvalue weighted by atomic mass is 9.90. The molecule has 0 saturated carbocycles. The Hall–Kier alpha value is -0.260. The average Bonchev–Trinajstić information content (AvgIpc) is 2.20. The van der Waals surface area contributed by atoms with Crippen LogP contribution < -0.4 is 5.73 Å². The van der Waals surface area contributed by atoms with Gasteiger partial charge in [0.15, 0.2) is 0 Å². The van der Waals surface area contributed by atoms with Crippen molar-refractivity contribution in [3.63, 3.8) is 0 Å². The molecule has 0 bridgehead atoms. The van der Waals surface area contributed by atoms with Gasteiger partial charge in [0.25, 0.3) is 0 Å². The molecule has 1 atom stereocenters. The second-order valence-electron chi connectivity index (χ2n) is 4.16. The quantitative estimate of drug-likeness (QED) is 0.703. The van der Waals surface area contributed by atoms with Crippen molar-refractivity contribution in [2.75, 3.05) is 25.1 Å². The Kier molecular flexibility index (Phi) is 4.43. The van der Waals surface area contributed by atoms with Crippen molar-refractivity contribution in [3.05, 3.63) is 0 Å². The van der Waals surface area contributed by atoms with E-state index in [2.05, 4.69) is 0 Å². The van der Waals surface area contributed by atoms with Crippen LogP contribution in [-0.4, -0.2) is 52.7 Å². The van der Waals surface area contributed by atoms with Crippen molar-refractivity contribution in [2.24, 2.45) is 5.73 Å². The molecule has 0 aliphatic carbocycles. The highest BCUT2D eigenvalue weighted by Crippen LogP contribution is 2.24. The van der Waals surface area contributed by atoms with Crippen molar-refractivity contribution in [1.29, 1.82) is 0 Å². The lowest BCUT2D eigenvalue weighted by molar-refractivity contribution is -0.157. The van der Waals surface area contributed by atoms with Gasteiger partial charge in [-0.1, -0.05) is 6.92 Å². The number of carbonyl (C=O) groups excluding carboxylic acids is 1. The molecule has 3 N–H and O–H groups in total. The molecule has 0 aromatic heterocycles. The number of aliphatic hydroxyl groups is 1. The first-order chi connectivity index (χ1) is 7.02. The van der Waals surface area contributed by atoms with Gasteiger partial charge in [0.05, 0.1) is 24.7 Å². The molecule has 0 aromatic rings. The van der Waals surface area contributed by atoms with Gasteiger partial charge in [-0.3, -0.25) is 4.79 Å². The minimum Gasteiger partial charge on any atom is -0.386 e. The highest BCUT2D eigenvalue weighted by Gasteiger charge is 2.42. The smallest absolute Gasteiger partial charge is 0.239 e. The maximum Gasteiger partial charge on any atom is 0.239 e. The lowest BCUT2D eigenvalue weighted by Crippen LogP contribution is -2.65. The maximum atomic E-state index is 11.7. The normalized spacial score (nSPS) is 20.9. The molecular weight excluding hydrogens is 212 g/mol. The Labute approximate surface area is 95.2 Å². The van der Waals surface area contributed by atoms with Crippen molar-refractivity contribution in [1.82, 2.24) is 4.90 Å². The van der Waals surface area contributed by atoms with Gasteiger partial charge >= 0.3 is 0 Å². The largest absolute Gasteiger partial charge is 0.386 e. The standard InChI is InChI=1S/C10H20N2O2S/c1-3-10(14)6-12(7-10)9(13)8(11)4-5-15-2/h8,14H,3-7,11H2,1-2H3/t8-/m1/s1. The van der Waals surface area contributed by atoms with Crippen molar-refractivity contribution in [3.8, 4) is 0 Å². The van der Waals surface area contributed by atoms with E-state index < -0.39 is 11.6 Å². The summed E-state index contributed by atoms with van der Waals surface area (Å²) in [7, 11) is 0. The Balaban J connectivity index is 2.31. The lowest BCUT2D eigenvalue weighted by Gasteiger charge is -2.46. The summed E-state index contributed by atoms with van der Waals surface area (Å²) in [6.45, 7) is 2.81. The van der Waals surface area contributed by atoms with Gasteiger partial charge in [-0.15, -0.1) is 0 Å². The highest BCUT2D eigenvalue weighted by molar-refractivity contribution is 7.98. The van der Waals surface area contributed by atoms with E-state index in [0.29, 0.717) is 25.9 Å². The molecule has 1 saturated heterocycles. The molecule has 0 aromatic carbocycles. The summed E-state index contributed by atoms with van der Waals surface area (Å²) < 4.78 is 0. The van der Waals surface area contributed by atoms with Crippen LogP contribution in [0.5, 0.6) is 0 Å². The number of thioether (sulfide) groups is 1. The van der Waals surface area contributed by atoms with Gasteiger partial charge in [0.2, 0.25) is 5.91 Å². The summed E-state index contributed by atoms with van der Waals surface area (Å²) in [4.78, 5) is 13.4. The fourth-order valence-electron chi connectivity index (χ4n) is 1.65. The van der Waals surface area contributed by atoms with Crippen LogP contribution in [0.4, 0.5) is 0 Å². The van der Waals surface area contributed by atoms with E-state index >= 15 is 0 Å². The molecule has 0 radical (unpaired) electrons. The number of carbonyl (C=O) groups is 1. The Morgan fingerprint density at radius 1 is 1.67 bits per heavy atom. The first-order valence-corrected chi connectivity index (χ1v) is 6.67. The van der Waals surface area contributed by atoms with Gasteiger partial charge in [0.1, 0.15) is 0 Å². The van der Waals surface area contributed by atoms with E-state index in [-0.39, 0.29) is 5.91 Å². The van der Waals surface area contributed by atoms with E-state index in [0.717, 1.165) is 5.75 Å². The summed E-state index contributed by atoms with van der Waals surface area (Å²) in [5.41, 5.74) is 5.10. The predicted molar refractivity (Wildman–Crippen MR) is 62.8 cm³/mol. The summed E-state index contributed by atoms with van der Waals surface area (Å²) in [5, 5.41) is 9.76. The molecule has 5 heteroatoms. The first kappa shape index (κ1) is 12.8. The number of nitrogens with two attached hydrogens (primary N) is 1. The second kappa shape index (κ2) is 5.18. The summed E-state index contributed by atoms with van der Waals surface area (Å²) in [6.07, 6.45) is 3.40. The highest BCUT2D eigenvalue weighted by atomic mass is 32.2. The van der Waals surface area contributed by atoms with Crippen LogP contribution in [-0.2, 0) is 4.79 Å². The number of likely N-dealkylation sites (tertiary alicyclic amines) is 1. The Bertz CT molecular complexity index is 229. The van der Waals surface area contributed by atoms with Crippen LogP contribution in [0.15, 0.2) is 0 Å². The number of amides is 1. The number of rotatable bonds is 5. The van der Waals surface area contributed by atoms with Crippen LogP contribution in [0, 0.1) is 0 Å². The summed E-state index contributed by atoms with van der Waals surface area (Å²) >= 11 is 1.69. The third-order valence-corrected chi connectivity index (χ3v) is 3.53. The van der Waals surface area contributed by atoms with Crippen molar-refractivity contribution >= 4 is 17.7 Å². The molecule has 4 nitrogen and oxygen atoms in total. The van der Waals surface area contributed by atoms with Gasteiger partial charge in [-0.2, -0.15) is 11.8 Å². The zero-order valence-corrected chi connectivity index (χ0v) is 10.2. The molecule has 88 valence electrons. The predicted octanol–water partition coefficient (Wildman–Crippen LogP) is 0.0501. The number of β-amino-alcohol motifs (C(OH)–C–C–N with tert-alkyl or cyclic N) is 1. The molecule has 0 spiro atoms. The van der Waals surface area contributed by atoms with E-state index in [9.17, 15) is 9.90 Å². The van der Waals surface area contributed by atoms with Crippen LogP contribution in [0.25, 0.3) is 0 Å². The molecule has 1 rings (SSSR count). The topological polar surface area (TPSA) is 66.6 Å². The van der Waals surface area contributed by atoms with Crippen LogP contribution in [0.1, 0.15) is 19.8 Å². The third kappa shape index (κ3) is 3.09. The van der Waals surface area contributed by atoms with E-state index in [1.165, 1.54) is 0 Å². The van der Waals surface area contributed by atoms with Gasteiger partial charge in [-0.05, 0) is 24.9 Å². The van der Waals surface area contributed by atoms with Gasteiger partial charge in [0, 0.05) is 0 Å². The molecule has 1 amide bonds. The van der Waals surface area contributed by atoms with Gasteiger partial charge < -0.3 is 15.7 Å². The number of hydrogen-bond acceptors (Lipinski definition) is 4. The molecule has 1 aliphatic rings. The SMILES string of the molecule is CCC1(O)CN(C(=O)[C@H](N)CCSC)C1. The molecular formula is C10H20N2O2S. The maximum absolute atomic E-state index is 11.7. The fraction of sp³-hybridized carbons (Fsp3) is 0.900. The van der Waals surface area contributed by atoms with E-state index in [1.807, 2.05) is 13.2 Å². The third-order valence-electron chi connectivity index (χ3n) is 2.89. The fourth-order valence-corrected chi connectivity index (χ4v) is 2.14. The molecule has 0 unspecified atom stereocenters. The minimum absolute atomic E-state index is 0.0258. The summed E-state index contributed by atoms with van der Waals surface area (Å²) in [5.74, 6) is 0.876. The second-order valence-corrected chi connectivity index (χ2v) is 5.15. The Morgan fingerprint density at radius 3 is 2.73 bits per heavy atom. The monoisotopic (exact) mass is 232 g/mol. The van der Waals surface area contributed by atoms with Crippen LogP contribution in [0.2, 0.25) is 0 Å².